The second kappa shape index (κ2) is 5.35. The van der Waals surface area contributed by atoms with E-state index in [0.29, 0.717) is 18.9 Å². The van der Waals surface area contributed by atoms with Crippen LogP contribution in [-0.2, 0) is 17.9 Å². The Bertz CT molecular complexity index is 824. The van der Waals surface area contributed by atoms with Gasteiger partial charge in [0.2, 0.25) is 5.91 Å². The highest BCUT2D eigenvalue weighted by molar-refractivity contribution is 5.82. The minimum absolute atomic E-state index is 0.0749. The fraction of sp³-hybridized carbons (Fsp3) is 0.250. The second-order valence-corrected chi connectivity index (χ2v) is 5.65. The third kappa shape index (κ3) is 2.30. The number of rotatable bonds is 3. The largest absolute Gasteiger partial charge is 0.329 e. The zero-order chi connectivity index (χ0) is 15.8. The van der Waals surface area contributed by atoms with Crippen LogP contribution >= 0.6 is 0 Å². The third-order valence-electron chi connectivity index (χ3n) is 4.13. The van der Waals surface area contributed by atoms with Crippen molar-refractivity contribution in [2.75, 3.05) is 0 Å². The van der Waals surface area contributed by atoms with Crippen molar-refractivity contribution < 1.29 is 4.79 Å². The molecule has 0 unspecified atom stereocenters. The number of nitrogens with zero attached hydrogens (tertiary/aromatic N) is 5. The lowest BCUT2D eigenvalue weighted by Crippen LogP contribution is -2.41. The normalized spacial score (nSPS) is 17.3. The van der Waals surface area contributed by atoms with E-state index in [1.165, 1.54) is 0 Å². The Hall–Kier alpha value is -2.96. The molecule has 0 fully saturated rings. The van der Waals surface area contributed by atoms with E-state index >= 15 is 0 Å². The first-order chi connectivity index (χ1) is 11.2. The van der Waals surface area contributed by atoms with Gasteiger partial charge < -0.3 is 4.90 Å². The Balaban J connectivity index is 1.66. The van der Waals surface area contributed by atoms with Crippen molar-refractivity contribution in [3.05, 3.63) is 54.1 Å². The lowest BCUT2D eigenvalue weighted by Gasteiger charge is -2.32. The van der Waals surface area contributed by atoms with Crippen LogP contribution < -0.4 is 0 Å². The number of hydrogen-bond acceptors (Lipinski definition) is 4. The Morgan fingerprint density at radius 1 is 1.26 bits per heavy atom. The number of carbonyl (C=O) groups excluding carboxylic acids is 1. The highest BCUT2D eigenvalue weighted by Crippen LogP contribution is 2.28. The van der Waals surface area contributed by atoms with Gasteiger partial charge in [0.1, 0.15) is 6.04 Å². The molecule has 1 aliphatic rings. The Morgan fingerprint density at radius 2 is 2.09 bits per heavy atom. The third-order valence-corrected chi connectivity index (χ3v) is 4.13. The highest BCUT2D eigenvalue weighted by Gasteiger charge is 2.33. The Morgan fingerprint density at radius 3 is 2.83 bits per heavy atom. The number of amides is 1. The average Bonchev–Trinajstić information content (AvgIpc) is 3.22. The van der Waals surface area contributed by atoms with Crippen molar-refractivity contribution in [3.8, 4) is 11.4 Å². The van der Waals surface area contributed by atoms with Gasteiger partial charge in [0.15, 0.2) is 11.6 Å². The summed E-state index contributed by atoms with van der Waals surface area (Å²) in [5, 5.41) is 15.2. The molecule has 0 saturated heterocycles. The maximum Gasteiger partial charge on any atom is 0.246 e. The SMILES string of the molecule is C[C@H]1C(=O)N(Cc2ccccc2)Cc2nnc(-c3cn[nH]c3)n21. The summed E-state index contributed by atoms with van der Waals surface area (Å²) < 4.78 is 1.90. The lowest BCUT2D eigenvalue weighted by molar-refractivity contribution is -0.137. The molecule has 23 heavy (non-hydrogen) atoms. The zero-order valence-corrected chi connectivity index (χ0v) is 12.7. The molecule has 1 amide bonds. The van der Waals surface area contributed by atoms with Gasteiger partial charge in [-0.3, -0.25) is 14.5 Å². The number of fused-ring (bicyclic) bond motifs is 1. The number of carbonyl (C=O) groups is 1. The van der Waals surface area contributed by atoms with Gasteiger partial charge in [-0.1, -0.05) is 30.3 Å². The quantitative estimate of drug-likeness (QED) is 0.799. The molecule has 0 saturated carbocycles. The molecular formula is C16H16N6O. The molecule has 116 valence electrons. The second-order valence-electron chi connectivity index (χ2n) is 5.65. The van der Waals surface area contributed by atoms with Crippen LogP contribution in [0.4, 0.5) is 0 Å². The average molecular weight is 308 g/mol. The molecule has 1 aromatic carbocycles. The smallest absolute Gasteiger partial charge is 0.246 e. The van der Waals surface area contributed by atoms with Gasteiger partial charge in [-0.05, 0) is 12.5 Å². The van der Waals surface area contributed by atoms with E-state index in [9.17, 15) is 4.79 Å². The van der Waals surface area contributed by atoms with Gasteiger partial charge >= 0.3 is 0 Å². The monoisotopic (exact) mass is 308 g/mol. The lowest BCUT2D eigenvalue weighted by atomic mass is 10.1. The Labute approximate surface area is 133 Å². The summed E-state index contributed by atoms with van der Waals surface area (Å²) in [6, 6.07) is 9.64. The predicted octanol–water partition coefficient (Wildman–Crippen LogP) is 1.77. The molecular weight excluding hydrogens is 292 g/mol. The molecule has 7 nitrogen and oxygen atoms in total. The van der Waals surface area contributed by atoms with Gasteiger partial charge in [-0.25, -0.2) is 0 Å². The standard InChI is InChI=1S/C16H16N6O/c1-11-16(23)21(9-12-5-3-2-4-6-12)10-14-19-20-15(22(11)14)13-7-17-18-8-13/h2-8,11H,9-10H2,1H3,(H,17,18)/t11-/m0/s1. The summed E-state index contributed by atoms with van der Waals surface area (Å²) in [4.78, 5) is 14.6. The van der Waals surface area contributed by atoms with Crippen LogP contribution in [0.25, 0.3) is 11.4 Å². The summed E-state index contributed by atoms with van der Waals surface area (Å²) in [7, 11) is 0. The predicted molar refractivity (Wildman–Crippen MR) is 83.0 cm³/mol. The summed E-state index contributed by atoms with van der Waals surface area (Å²) in [6.07, 6.45) is 3.44. The van der Waals surface area contributed by atoms with Crippen LogP contribution in [0.3, 0.4) is 0 Å². The zero-order valence-electron chi connectivity index (χ0n) is 12.7. The van der Waals surface area contributed by atoms with Crippen LogP contribution in [0.2, 0.25) is 0 Å². The number of nitrogens with one attached hydrogen (secondary N) is 1. The van der Waals surface area contributed by atoms with Gasteiger partial charge in [0.05, 0.1) is 18.3 Å². The van der Waals surface area contributed by atoms with Crippen molar-refractivity contribution in [2.24, 2.45) is 0 Å². The van der Waals surface area contributed by atoms with E-state index in [4.69, 9.17) is 0 Å². The van der Waals surface area contributed by atoms with Gasteiger partial charge in [-0.15, -0.1) is 10.2 Å². The first-order valence-corrected chi connectivity index (χ1v) is 7.49. The molecule has 3 heterocycles. The van der Waals surface area contributed by atoms with E-state index in [2.05, 4.69) is 20.4 Å². The first-order valence-electron chi connectivity index (χ1n) is 7.49. The van der Waals surface area contributed by atoms with Crippen LogP contribution in [0.1, 0.15) is 24.4 Å². The fourth-order valence-electron chi connectivity index (χ4n) is 2.97. The van der Waals surface area contributed by atoms with Gasteiger partial charge in [0.25, 0.3) is 0 Å². The highest BCUT2D eigenvalue weighted by atomic mass is 16.2. The molecule has 0 radical (unpaired) electrons. The topological polar surface area (TPSA) is 79.7 Å². The number of aromatic amines is 1. The molecule has 4 rings (SSSR count). The maximum atomic E-state index is 12.7. The van der Waals surface area contributed by atoms with E-state index in [0.717, 1.165) is 17.0 Å². The van der Waals surface area contributed by atoms with E-state index < -0.39 is 0 Å². The number of hydrogen-bond donors (Lipinski definition) is 1. The first kappa shape index (κ1) is 13.7. The van der Waals surface area contributed by atoms with Crippen molar-refractivity contribution >= 4 is 5.91 Å². The number of H-pyrrole nitrogens is 1. The van der Waals surface area contributed by atoms with Crippen molar-refractivity contribution in [1.82, 2.24) is 29.9 Å². The summed E-state index contributed by atoms with van der Waals surface area (Å²) in [6.45, 7) is 2.93. The molecule has 2 aromatic heterocycles. The Kier molecular flexibility index (Phi) is 3.18. The minimum Gasteiger partial charge on any atom is -0.329 e. The van der Waals surface area contributed by atoms with E-state index in [1.54, 1.807) is 12.4 Å². The summed E-state index contributed by atoms with van der Waals surface area (Å²) >= 11 is 0. The summed E-state index contributed by atoms with van der Waals surface area (Å²) in [5.74, 6) is 1.55. The van der Waals surface area contributed by atoms with Crippen LogP contribution in [0.15, 0.2) is 42.7 Å². The van der Waals surface area contributed by atoms with E-state index in [-0.39, 0.29) is 11.9 Å². The van der Waals surface area contributed by atoms with Gasteiger partial charge in [0, 0.05) is 12.7 Å². The number of benzene rings is 1. The maximum absolute atomic E-state index is 12.7. The molecule has 7 heteroatoms. The molecule has 1 atom stereocenters. The van der Waals surface area contributed by atoms with Crippen molar-refractivity contribution in [1.29, 1.82) is 0 Å². The number of aromatic nitrogens is 5. The molecule has 1 N–H and O–H groups in total. The van der Waals surface area contributed by atoms with Crippen LogP contribution in [0, 0.1) is 0 Å². The minimum atomic E-state index is -0.331. The summed E-state index contributed by atoms with van der Waals surface area (Å²) in [5.41, 5.74) is 1.94. The molecule has 0 spiro atoms. The van der Waals surface area contributed by atoms with Crippen molar-refractivity contribution in [2.45, 2.75) is 26.1 Å². The fourth-order valence-corrected chi connectivity index (χ4v) is 2.97. The van der Waals surface area contributed by atoms with E-state index in [1.807, 2.05) is 46.7 Å². The molecule has 3 aromatic rings. The van der Waals surface area contributed by atoms with Crippen molar-refractivity contribution in [3.63, 3.8) is 0 Å². The molecule has 1 aliphatic heterocycles. The van der Waals surface area contributed by atoms with Gasteiger partial charge in [-0.2, -0.15) is 5.10 Å². The van der Waals surface area contributed by atoms with Crippen LogP contribution in [0.5, 0.6) is 0 Å². The van der Waals surface area contributed by atoms with Crippen LogP contribution in [-0.4, -0.2) is 35.8 Å². The molecule has 0 bridgehead atoms. The molecule has 0 aliphatic carbocycles.